The summed E-state index contributed by atoms with van der Waals surface area (Å²) in [4.78, 5) is 20.9. The molecule has 0 aromatic heterocycles. The summed E-state index contributed by atoms with van der Waals surface area (Å²) in [6.07, 6.45) is -1.70. The Bertz CT molecular complexity index is 1300. The summed E-state index contributed by atoms with van der Waals surface area (Å²) in [5.41, 5.74) is 8.44. The highest BCUT2D eigenvalue weighted by molar-refractivity contribution is 6.33. The van der Waals surface area contributed by atoms with Crippen LogP contribution in [0.5, 0.6) is 0 Å². The number of primary amides is 1. The Morgan fingerprint density at radius 3 is 2.38 bits per heavy atom. The highest BCUT2D eigenvalue weighted by atomic mass is 35.5. The van der Waals surface area contributed by atoms with Crippen molar-refractivity contribution in [2.45, 2.75) is 37.4 Å². The molecule has 3 aromatic rings. The fourth-order valence-corrected chi connectivity index (χ4v) is 4.79. The van der Waals surface area contributed by atoms with Gasteiger partial charge in [-0.1, -0.05) is 54.1 Å². The minimum Gasteiger partial charge on any atom is -0.475 e. The molecule has 11 heteroatoms. The minimum absolute atomic E-state index is 0.0437. The molecule has 0 aliphatic carbocycles. The fourth-order valence-electron chi connectivity index (χ4n) is 4.58. The topological polar surface area (TPSA) is 104 Å². The van der Waals surface area contributed by atoms with E-state index >= 15 is 0 Å². The molecule has 0 radical (unpaired) electrons. The highest BCUT2D eigenvalue weighted by Gasteiger charge is 2.38. The molecule has 3 aromatic carbocycles. The van der Waals surface area contributed by atoms with Crippen molar-refractivity contribution in [3.63, 3.8) is 0 Å². The lowest BCUT2D eigenvalue weighted by Crippen LogP contribution is -2.33. The van der Waals surface area contributed by atoms with Crippen molar-refractivity contribution in [1.82, 2.24) is 10.6 Å². The Morgan fingerprint density at radius 2 is 1.73 bits per heavy atom. The predicted octanol–water partition coefficient (Wildman–Crippen LogP) is 5.74. The van der Waals surface area contributed by atoms with Crippen molar-refractivity contribution >= 4 is 23.5 Å². The number of carboxylic acids is 1. The second-order valence-electron chi connectivity index (χ2n) is 9.32. The van der Waals surface area contributed by atoms with E-state index < -0.39 is 23.9 Å². The lowest BCUT2D eigenvalue weighted by atomic mass is 9.88. The molecule has 1 unspecified atom stereocenters. The van der Waals surface area contributed by atoms with Crippen LogP contribution in [0.1, 0.15) is 46.7 Å². The first-order valence-electron chi connectivity index (χ1n) is 12.7. The normalized spacial score (nSPS) is 16.3. The number of aliphatic carboxylic acids is 1. The number of hydrogen-bond acceptors (Lipinski definition) is 4. The lowest BCUT2D eigenvalue weighted by molar-refractivity contribution is -0.192. The molecule has 1 amide bonds. The van der Waals surface area contributed by atoms with E-state index in [-0.39, 0.29) is 17.0 Å². The molecular formula is C29H30ClF4N3O3. The van der Waals surface area contributed by atoms with Gasteiger partial charge < -0.3 is 21.5 Å². The number of hydrogen-bond donors (Lipinski definition) is 4. The van der Waals surface area contributed by atoms with Crippen molar-refractivity contribution in [3.8, 4) is 11.1 Å². The summed E-state index contributed by atoms with van der Waals surface area (Å²) in [7, 11) is 0. The molecule has 0 spiro atoms. The van der Waals surface area contributed by atoms with Crippen molar-refractivity contribution in [1.29, 1.82) is 0 Å². The quantitative estimate of drug-likeness (QED) is 0.267. The van der Waals surface area contributed by atoms with Gasteiger partial charge in [0.2, 0.25) is 5.91 Å². The van der Waals surface area contributed by atoms with E-state index in [0.29, 0.717) is 16.6 Å². The van der Waals surface area contributed by atoms with E-state index in [1.54, 1.807) is 6.07 Å². The van der Waals surface area contributed by atoms with Gasteiger partial charge in [0, 0.05) is 40.2 Å². The van der Waals surface area contributed by atoms with Gasteiger partial charge in [0.15, 0.2) is 0 Å². The molecule has 4 rings (SSSR count). The van der Waals surface area contributed by atoms with Crippen LogP contribution in [0.15, 0.2) is 66.7 Å². The van der Waals surface area contributed by atoms with E-state index in [9.17, 15) is 22.4 Å². The maximum atomic E-state index is 14.9. The second-order valence-corrected chi connectivity index (χ2v) is 9.73. The average Bonchev–Trinajstić information content (AvgIpc) is 3.19. The first-order chi connectivity index (χ1) is 19.0. The van der Waals surface area contributed by atoms with Crippen LogP contribution < -0.4 is 16.4 Å². The zero-order valence-electron chi connectivity index (χ0n) is 21.5. The van der Waals surface area contributed by atoms with Crippen LogP contribution >= 0.6 is 11.6 Å². The van der Waals surface area contributed by atoms with Gasteiger partial charge in [-0.25, -0.2) is 9.18 Å². The van der Waals surface area contributed by atoms with Gasteiger partial charge in [-0.2, -0.15) is 13.2 Å². The maximum Gasteiger partial charge on any atom is 0.490 e. The lowest BCUT2D eigenvalue weighted by Gasteiger charge is -2.24. The van der Waals surface area contributed by atoms with Crippen LogP contribution in [0, 0.1) is 5.82 Å². The molecule has 1 aliphatic heterocycles. The second kappa shape index (κ2) is 14.2. The molecular weight excluding hydrogens is 550 g/mol. The molecule has 1 aliphatic rings. The molecule has 1 heterocycles. The first-order valence-corrected chi connectivity index (χ1v) is 13.0. The SMILES string of the molecule is NC(=O)c1cccc(F)c1-c1cc(C(CN[C@@H]2CCCNCC2)c2ccccc2)ccc1Cl.O=C(O)C(F)(F)F. The molecule has 0 bridgehead atoms. The van der Waals surface area contributed by atoms with E-state index in [0.717, 1.165) is 50.0 Å². The number of carboxylic acid groups (broad SMARTS) is 1. The number of amides is 1. The van der Waals surface area contributed by atoms with Gasteiger partial charge in [-0.15, -0.1) is 0 Å². The zero-order chi connectivity index (χ0) is 29.3. The number of benzene rings is 3. The predicted molar refractivity (Wildman–Crippen MR) is 146 cm³/mol. The number of rotatable bonds is 7. The Kier molecular flexibility index (Phi) is 11.1. The standard InChI is InChI=1S/C27H29ClFN3O.C2HF3O2/c28-24-12-11-19(16-22(24)26-21(27(30)33)9-4-10-25(26)29)23(18-6-2-1-3-7-18)17-32-20-8-5-14-31-15-13-20;3-2(4,5)1(6)7/h1-4,6-7,9-12,16,20,23,31-32H,5,8,13-15,17H2,(H2,30,33);(H,6,7)/t20-,23?;/m1./s1. The Hall–Kier alpha value is -3.47. The fraction of sp³-hybridized carbons (Fsp3) is 0.310. The molecule has 2 atom stereocenters. The van der Waals surface area contributed by atoms with Crippen molar-refractivity contribution in [2.24, 2.45) is 5.73 Å². The third-order valence-electron chi connectivity index (χ3n) is 6.57. The van der Waals surface area contributed by atoms with Crippen LogP contribution in [0.25, 0.3) is 11.1 Å². The number of nitrogens with two attached hydrogens (primary N) is 1. The van der Waals surface area contributed by atoms with Crippen LogP contribution in [-0.4, -0.2) is 48.8 Å². The van der Waals surface area contributed by atoms with Crippen LogP contribution in [0.2, 0.25) is 5.02 Å². The van der Waals surface area contributed by atoms with Gasteiger partial charge in [0.25, 0.3) is 0 Å². The average molecular weight is 580 g/mol. The molecule has 40 heavy (non-hydrogen) atoms. The van der Waals surface area contributed by atoms with Crippen molar-refractivity contribution in [2.75, 3.05) is 19.6 Å². The summed E-state index contributed by atoms with van der Waals surface area (Å²) >= 11 is 6.51. The van der Waals surface area contributed by atoms with Crippen LogP contribution in [-0.2, 0) is 4.79 Å². The molecule has 1 saturated heterocycles. The van der Waals surface area contributed by atoms with Crippen molar-refractivity contribution in [3.05, 3.63) is 94.3 Å². The summed E-state index contributed by atoms with van der Waals surface area (Å²) in [5.74, 6) is -3.92. The molecule has 214 valence electrons. The number of carbonyl (C=O) groups is 2. The first kappa shape index (κ1) is 31.1. The molecule has 5 N–H and O–H groups in total. The number of halogens is 5. The van der Waals surface area contributed by atoms with Gasteiger partial charge in [0.05, 0.1) is 0 Å². The van der Waals surface area contributed by atoms with Gasteiger partial charge in [0.1, 0.15) is 5.82 Å². The van der Waals surface area contributed by atoms with Gasteiger partial charge in [-0.3, -0.25) is 4.79 Å². The Balaban J connectivity index is 0.000000559. The Morgan fingerprint density at radius 1 is 1.02 bits per heavy atom. The van der Waals surface area contributed by atoms with Gasteiger partial charge in [-0.05, 0) is 67.7 Å². The largest absolute Gasteiger partial charge is 0.490 e. The summed E-state index contributed by atoms with van der Waals surface area (Å²) in [5, 5.41) is 14.7. The molecule has 1 fully saturated rings. The third-order valence-corrected chi connectivity index (χ3v) is 6.90. The monoisotopic (exact) mass is 579 g/mol. The molecule has 6 nitrogen and oxygen atoms in total. The number of carbonyl (C=O) groups excluding carboxylic acids is 1. The zero-order valence-corrected chi connectivity index (χ0v) is 22.2. The number of alkyl halides is 3. The smallest absolute Gasteiger partial charge is 0.475 e. The van der Waals surface area contributed by atoms with E-state index in [4.69, 9.17) is 27.2 Å². The van der Waals surface area contributed by atoms with Crippen LogP contribution in [0.4, 0.5) is 17.6 Å². The number of nitrogens with one attached hydrogen (secondary N) is 2. The van der Waals surface area contributed by atoms with E-state index in [1.807, 2.05) is 30.3 Å². The van der Waals surface area contributed by atoms with E-state index in [1.165, 1.54) is 18.2 Å². The summed E-state index contributed by atoms with van der Waals surface area (Å²) in [6.45, 7) is 2.82. The highest BCUT2D eigenvalue weighted by Crippen LogP contribution is 2.36. The summed E-state index contributed by atoms with van der Waals surface area (Å²) in [6, 6.07) is 20.7. The Labute approximate surface area is 234 Å². The summed E-state index contributed by atoms with van der Waals surface area (Å²) < 4.78 is 46.6. The molecule has 0 saturated carbocycles. The third kappa shape index (κ3) is 8.51. The minimum atomic E-state index is -5.08. The van der Waals surface area contributed by atoms with E-state index in [2.05, 4.69) is 22.8 Å². The van der Waals surface area contributed by atoms with Gasteiger partial charge >= 0.3 is 12.1 Å². The van der Waals surface area contributed by atoms with Crippen LogP contribution in [0.3, 0.4) is 0 Å². The van der Waals surface area contributed by atoms with Crippen molar-refractivity contribution < 1.29 is 32.3 Å². The maximum absolute atomic E-state index is 14.9.